The lowest BCUT2D eigenvalue weighted by Crippen LogP contribution is -2.26. The van der Waals surface area contributed by atoms with Gasteiger partial charge in [-0.15, -0.1) is 11.3 Å². The first-order valence-electron chi connectivity index (χ1n) is 5.90. The van der Waals surface area contributed by atoms with Gasteiger partial charge in [0.25, 0.3) is 0 Å². The van der Waals surface area contributed by atoms with Crippen molar-refractivity contribution in [1.29, 1.82) is 0 Å². The zero-order valence-corrected chi connectivity index (χ0v) is 11.4. The van der Waals surface area contributed by atoms with Crippen LogP contribution in [0.25, 0.3) is 0 Å². The zero-order chi connectivity index (χ0) is 12.0. The summed E-state index contributed by atoms with van der Waals surface area (Å²) in [4.78, 5) is 5.57. The molecule has 0 saturated heterocycles. The second-order valence-electron chi connectivity index (χ2n) is 4.17. The largest absolute Gasteiger partial charge is 0.377 e. The fourth-order valence-electron chi connectivity index (χ4n) is 1.39. The highest BCUT2D eigenvalue weighted by Crippen LogP contribution is 2.21. The van der Waals surface area contributed by atoms with Crippen molar-refractivity contribution in [2.45, 2.75) is 46.3 Å². The van der Waals surface area contributed by atoms with Crippen LogP contribution in [-0.4, -0.2) is 24.2 Å². The smallest absolute Gasteiger partial charge is 0.0897 e. The third kappa shape index (κ3) is 4.60. The first-order chi connectivity index (χ1) is 7.63. The highest BCUT2D eigenvalue weighted by molar-refractivity contribution is 7.11. The number of thiazole rings is 1. The minimum Gasteiger partial charge on any atom is -0.377 e. The Bertz CT molecular complexity index is 299. The SMILES string of the molecule is CCCNC(COC(C)C)c1cnc(C)s1. The molecule has 0 aromatic carbocycles. The van der Waals surface area contributed by atoms with E-state index < -0.39 is 0 Å². The molecule has 0 saturated carbocycles. The second kappa shape index (κ2) is 6.99. The highest BCUT2D eigenvalue weighted by atomic mass is 32.1. The molecule has 1 atom stereocenters. The standard InChI is InChI=1S/C12H22N2OS/c1-5-6-13-11(8-15-9(2)3)12-7-14-10(4)16-12/h7,9,11,13H,5-6,8H2,1-4H3. The minimum atomic E-state index is 0.278. The molecular formula is C12H22N2OS. The van der Waals surface area contributed by atoms with Gasteiger partial charge in [-0.05, 0) is 33.7 Å². The second-order valence-corrected chi connectivity index (χ2v) is 5.44. The molecule has 0 radical (unpaired) electrons. The van der Waals surface area contributed by atoms with Gasteiger partial charge >= 0.3 is 0 Å². The van der Waals surface area contributed by atoms with Crippen molar-refractivity contribution < 1.29 is 4.74 Å². The van der Waals surface area contributed by atoms with Crippen molar-refractivity contribution in [3.8, 4) is 0 Å². The molecule has 0 bridgehead atoms. The molecule has 1 aromatic rings. The molecule has 92 valence electrons. The molecule has 16 heavy (non-hydrogen) atoms. The van der Waals surface area contributed by atoms with E-state index in [9.17, 15) is 0 Å². The average molecular weight is 242 g/mol. The van der Waals surface area contributed by atoms with E-state index in [1.807, 2.05) is 13.1 Å². The number of aromatic nitrogens is 1. The predicted octanol–water partition coefficient (Wildman–Crippen LogP) is 2.92. The molecule has 1 rings (SSSR count). The molecule has 0 amide bonds. The zero-order valence-electron chi connectivity index (χ0n) is 10.6. The predicted molar refractivity (Wildman–Crippen MR) is 69.0 cm³/mol. The first kappa shape index (κ1) is 13.6. The summed E-state index contributed by atoms with van der Waals surface area (Å²) in [6.45, 7) is 10.1. The monoisotopic (exact) mass is 242 g/mol. The number of rotatable bonds is 7. The van der Waals surface area contributed by atoms with Crippen LogP contribution < -0.4 is 5.32 Å². The van der Waals surface area contributed by atoms with Gasteiger partial charge in [0.05, 0.1) is 23.8 Å². The molecule has 0 aliphatic carbocycles. The molecule has 3 nitrogen and oxygen atoms in total. The molecule has 0 aliphatic rings. The minimum absolute atomic E-state index is 0.278. The molecule has 1 unspecified atom stereocenters. The summed E-state index contributed by atoms with van der Waals surface area (Å²) >= 11 is 1.74. The van der Waals surface area contributed by atoms with Gasteiger partial charge in [-0.2, -0.15) is 0 Å². The number of hydrogen-bond donors (Lipinski definition) is 1. The number of aryl methyl sites for hydroxylation is 1. The molecule has 0 spiro atoms. The van der Waals surface area contributed by atoms with Gasteiger partial charge in [-0.3, -0.25) is 0 Å². The molecule has 0 fully saturated rings. The van der Waals surface area contributed by atoms with E-state index in [0.717, 1.165) is 24.6 Å². The fraction of sp³-hybridized carbons (Fsp3) is 0.750. The Labute approximate surface area is 102 Å². The number of nitrogens with one attached hydrogen (secondary N) is 1. The maximum absolute atomic E-state index is 5.68. The van der Waals surface area contributed by atoms with Gasteiger partial charge in [0.1, 0.15) is 0 Å². The topological polar surface area (TPSA) is 34.1 Å². The summed E-state index contributed by atoms with van der Waals surface area (Å²) in [5.74, 6) is 0. The van der Waals surface area contributed by atoms with Gasteiger partial charge in [0.15, 0.2) is 0 Å². The summed E-state index contributed by atoms with van der Waals surface area (Å²) in [6, 6.07) is 0.286. The van der Waals surface area contributed by atoms with Crippen molar-refractivity contribution in [2.24, 2.45) is 0 Å². The van der Waals surface area contributed by atoms with Gasteiger partial charge in [0, 0.05) is 11.1 Å². The van der Waals surface area contributed by atoms with Gasteiger partial charge in [0.2, 0.25) is 0 Å². The van der Waals surface area contributed by atoms with Gasteiger partial charge in [-0.25, -0.2) is 4.98 Å². The van der Waals surface area contributed by atoms with E-state index in [1.54, 1.807) is 11.3 Å². The first-order valence-corrected chi connectivity index (χ1v) is 6.72. The Morgan fingerprint density at radius 1 is 1.50 bits per heavy atom. The maximum Gasteiger partial charge on any atom is 0.0897 e. The Morgan fingerprint density at radius 3 is 2.75 bits per heavy atom. The third-order valence-corrected chi connectivity index (χ3v) is 3.25. The fourth-order valence-corrected chi connectivity index (χ4v) is 2.23. The van der Waals surface area contributed by atoms with E-state index in [0.29, 0.717) is 0 Å². The van der Waals surface area contributed by atoms with Gasteiger partial charge in [-0.1, -0.05) is 6.92 Å². The Balaban J connectivity index is 2.55. The number of hydrogen-bond acceptors (Lipinski definition) is 4. The van der Waals surface area contributed by atoms with Crippen LogP contribution in [0.5, 0.6) is 0 Å². The Morgan fingerprint density at radius 2 is 2.25 bits per heavy atom. The summed E-state index contributed by atoms with van der Waals surface area (Å²) < 4.78 is 5.68. The quantitative estimate of drug-likeness (QED) is 0.798. The van der Waals surface area contributed by atoms with Crippen LogP contribution >= 0.6 is 11.3 Å². The van der Waals surface area contributed by atoms with E-state index in [1.165, 1.54) is 4.88 Å². The summed E-state index contributed by atoms with van der Waals surface area (Å²) in [6.07, 6.45) is 3.37. The molecule has 4 heteroatoms. The summed E-state index contributed by atoms with van der Waals surface area (Å²) in [5.41, 5.74) is 0. The molecule has 1 heterocycles. The van der Waals surface area contributed by atoms with Crippen molar-refractivity contribution in [1.82, 2.24) is 10.3 Å². The average Bonchev–Trinajstić information content (AvgIpc) is 2.64. The van der Waals surface area contributed by atoms with Crippen molar-refractivity contribution in [2.75, 3.05) is 13.2 Å². The Kier molecular flexibility index (Phi) is 5.95. The molecule has 1 aromatic heterocycles. The van der Waals surface area contributed by atoms with Crippen LogP contribution in [0.1, 0.15) is 43.1 Å². The normalized spacial score (nSPS) is 13.3. The third-order valence-electron chi connectivity index (χ3n) is 2.22. The van der Waals surface area contributed by atoms with Crippen LogP contribution in [0.2, 0.25) is 0 Å². The number of nitrogens with zero attached hydrogens (tertiary/aromatic N) is 1. The van der Waals surface area contributed by atoms with Crippen LogP contribution in [0.15, 0.2) is 6.20 Å². The molecule has 1 N–H and O–H groups in total. The van der Waals surface area contributed by atoms with E-state index in [-0.39, 0.29) is 12.1 Å². The van der Waals surface area contributed by atoms with Crippen LogP contribution in [0, 0.1) is 6.92 Å². The summed E-state index contributed by atoms with van der Waals surface area (Å²) in [5, 5.41) is 4.61. The van der Waals surface area contributed by atoms with Crippen LogP contribution in [0.4, 0.5) is 0 Å². The Hall–Kier alpha value is -0.450. The van der Waals surface area contributed by atoms with E-state index >= 15 is 0 Å². The lowest BCUT2D eigenvalue weighted by atomic mass is 10.2. The lowest BCUT2D eigenvalue weighted by Gasteiger charge is -2.18. The van der Waals surface area contributed by atoms with Crippen LogP contribution in [-0.2, 0) is 4.74 Å². The molecule has 0 aliphatic heterocycles. The summed E-state index contributed by atoms with van der Waals surface area (Å²) in [7, 11) is 0. The lowest BCUT2D eigenvalue weighted by molar-refractivity contribution is 0.0617. The highest BCUT2D eigenvalue weighted by Gasteiger charge is 2.14. The van der Waals surface area contributed by atoms with Crippen LogP contribution in [0.3, 0.4) is 0 Å². The van der Waals surface area contributed by atoms with Crippen molar-refractivity contribution >= 4 is 11.3 Å². The van der Waals surface area contributed by atoms with Crippen molar-refractivity contribution in [3.05, 3.63) is 16.1 Å². The molecular weight excluding hydrogens is 220 g/mol. The maximum atomic E-state index is 5.68. The van der Waals surface area contributed by atoms with E-state index in [4.69, 9.17) is 4.74 Å². The van der Waals surface area contributed by atoms with E-state index in [2.05, 4.69) is 31.1 Å². The van der Waals surface area contributed by atoms with Crippen molar-refractivity contribution in [3.63, 3.8) is 0 Å². The van der Waals surface area contributed by atoms with Gasteiger partial charge < -0.3 is 10.1 Å². The number of ether oxygens (including phenoxy) is 1.